The lowest BCUT2D eigenvalue weighted by molar-refractivity contribution is -0.142. The van der Waals surface area contributed by atoms with Crippen molar-refractivity contribution >= 4 is 11.9 Å². The largest absolute Gasteiger partial charge is 0.480 e. The second kappa shape index (κ2) is 8.84. The van der Waals surface area contributed by atoms with Crippen LogP contribution in [-0.4, -0.2) is 60.5 Å². The van der Waals surface area contributed by atoms with Crippen LogP contribution in [0.5, 0.6) is 0 Å². The molecule has 110 valence electrons. The van der Waals surface area contributed by atoms with E-state index >= 15 is 0 Å². The maximum Gasteiger partial charge on any atom is 0.326 e. The number of piperidine rings is 1. The number of carbonyl (C=O) groups excluding carboxylic acids is 1. The molecule has 0 unspecified atom stereocenters. The molecule has 0 aromatic carbocycles. The Kier molecular flexibility index (Phi) is 7.39. The Morgan fingerprint density at radius 1 is 1.37 bits per heavy atom. The summed E-state index contributed by atoms with van der Waals surface area (Å²) in [7, 11) is 0. The summed E-state index contributed by atoms with van der Waals surface area (Å²) in [5.74, 6) is -1.50. The molecule has 0 aromatic heterocycles. The number of hydrogen-bond acceptors (Lipinski definition) is 5. The zero-order chi connectivity index (χ0) is 14.1. The summed E-state index contributed by atoms with van der Waals surface area (Å²) in [6, 6.07) is -1.03. The lowest BCUT2D eigenvalue weighted by atomic mass is 10.1. The SMILES string of the molecule is O=C(CCOC1CCNCC1)N[C@@H](CCO)C(=O)O. The first-order valence-corrected chi connectivity index (χ1v) is 6.59. The van der Waals surface area contributed by atoms with Gasteiger partial charge in [0.25, 0.3) is 0 Å². The highest BCUT2D eigenvalue weighted by molar-refractivity contribution is 5.83. The van der Waals surface area contributed by atoms with Gasteiger partial charge in [0.1, 0.15) is 6.04 Å². The van der Waals surface area contributed by atoms with Crippen molar-refractivity contribution in [2.24, 2.45) is 0 Å². The van der Waals surface area contributed by atoms with Crippen LogP contribution in [0.3, 0.4) is 0 Å². The molecular formula is C12H22N2O5. The van der Waals surface area contributed by atoms with Crippen LogP contribution in [0.25, 0.3) is 0 Å². The van der Waals surface area contributed by atoms with Gasteiger partial charge in [-0.2, -0.15) is 0 Å². The van der Waals surface area contributed by atoms with E-state index in [1.807, 2.05) is 0 Å². The third kappa shape index (κ3) is 6.51. The monoisotopic (exact) mass is 274 g/mol. The molecular weight excluding hydrogens is 252 g/mol. The number of aliphatic hydroxyl groups is 1. The zero-order valence-electron chi connectivity index (χ0n) is 10.9. The molecule has 4 N–H and O–H groups in total. The van der Waals surface area contributed by atoms with Crippen molar-refractivity contribution in [2.75, 3.05) is 26.3 Å². The highest BCUT2D eigenvalue weighted by Gasteiger charge is 2.19. The minimum Gasteiger partial charge on any atom is -0.480 e. The molecule has 19 heavy (non-hydrogen) atoms. The van der Waals surface area contributed by atoms with Gasteiger partial charge >= 0.3 is 5.97 Å². The smallest absolute Gasteiger partial charge is 0.326 e. The van der Waals surface area contributed by atoms with Gasteiger partial charge in [-0.15, -0.1) is 0 Å². The van der Waals surface area contributed by atoms with E-state index < -0.39 is 12.0 Å². The molecule has 7 heteroatoms. The lowest BCUT2D eigenvalue weighted by Gasteiger charge is -2.23. The van der Waals surface area contributed by atoms with Crippen molar-refractivity contribution in [3.8, 4) is 0 Å². The van der Waals surface area contributed by atoms with Crippen molar-refractivity contribution in [1.82, 2.24) is 10.6 Å². The lowest BCUT2D eigenvalue weighted by Crippen LogP contribution is -2.42. The maximum absolute atomic E-state index is 11.5. The Labute approximate surface area is 112 Å². The maximum atomic E-state index is 11.5. The molecule has 1 atom stereocenters. The number of amides is 1. The van der Waals surface area contributed by atoms with E-state index in [0.717, 1.165) is 25.9 Å². The minimum atomic E-state index is -1.14. The molecule has 0 aromatic rings. The van der Waals surface area contributed by atoms with Crippen molar-refractivity contribution < 1.29 is 24.5 Å². The van der Waals surface area contributed by atoms with Gasteiger partial charge in [0, 0.05) is 19.4 Å². The van der Waals surface area contributed by atoms with Gasteiger partial charge in [-0.25, -0.2) is 4.79 Å². The van der Waals surface area contributed by atoms with E-state index in [1.165, 1.54) is 0 Å². The molecule has 1 aliphatic rings. The number of hydrogen-bond donors (Lipinski definition) is 4. The third-order valence-corrected chi connectivity index (χ3v) is 3.02. The standard InChI is InChI=1S/C12H22N2O5/c15-7-3-10(12(17)18)14-11(16)4-8-19-9-1-5-13-6-2-9/h9-10,13,15H,1-8H2,(H,14,16)(H,17,18)/t10-/m0/s1. The fourth-order valence-electron chi connectivity index (χ4n) is 1.93. The summed E-state index contributed by atoms with van der Waals surface area (Å²) in [4.78, 5) is 22.3. The van der Waals surface area contributed by atoms with E-state index in [1.54, 1.807) is 0 Å². The predicted octanol–water partition coefficient (Wildman–Crippen LogP) is -0.903. The number of ether oxygens (including phenoxy) is 1. The average molecular weight is 274 g/mol. The van der Waals surface area contributed by atoms with Gasteiger partial charge in [0.2, 0.25) is 5.91 Å². The molecule has 1 fully saturated rings. The third-order valence-electron chi connectivity index (χ3n) is 3.02. The summed E-state index contributed by atoms with van der Waals surface area (Å²) in [5, 5.41) is 23.1. The fraction of sp³-hybridized carbons (Fsp3) is 0.833. The zero-order valence-corrected chi connectivity index (χ0v) is 10.9. The number of rotatable bonds is 8. The van der Waals surface area contributed by atoms with Crippen molar-refractivity contribution in [3.05, 3.63) is 0 Å². The van der Waals surface area contributed by atoms with Crippen LogP contribution in [0, 0.1) is 0 Å². The Morgan fingerprint density at radius 3 is 2.63 bits per heavy atom. The summed E-state index contributed by atoms with van der Waals surface area (Å²) in [6.45, 7) is 1.87. The minimum absolute atomic E-state index is 0.0101. The van der Waals surface area contributed by atoms with Crippen LogP contribution >= 0.6 is 0 Å². The molecule has 1 heterocycles. The van der Waals surface area contributed by atoms with Gasteiger partial charge in [-0.1, -0.05) is 0 Å². The van der Waals surface area contributed by atoms with Gasteiger partial charge in [0.05, 0.1) is 12.7 Å². The predicted molar refractivity (Wildman–Crippen MR) is 67.7 cm³/mol. The Balaban J connectivity index is 2.17. The molecule has 1 rings (SSSR count). The molecule has 0 saturated carbocycles. The van der Waals surface area contributed by atoms with Crippen molar-refractivity contribution in [1.29, 1.82) is 0 Å². The Bertz CT molecular complexity index is 292. The molecule has 7 nitrogen and oxygen atoms in total. The second-order valence-electron chi connectivity index (χ2n) is 4.54. The number of carboxylic acid groups (broad SMARTS) is 1. The van der Waals surface area contributed by atoms with Crippen molar-refractivity contribution in [2.45, 2.75) is 37.8 Å². The number of aliphatic hydroxyl groups excluding tert-OH is 1. The van der Waals surface area contributed by atoms with E-state index in [-0.39, 0.29) is 31.5 Å². The summed E-state index contributed by atoms with van der Waals surface area (Å²) < 4.78 is 5.56. The van der Waals surface area contributed by atoms with Gasteiger partial charge in [-0.05, 0) is 25.9 Å². The highest BCUT2D eigenvalue weighted by Crippen LogP contribution is 2.07. The molecule has 0 radical (unpaired) electrons. The molecule has 1 aliphatic heterocycles. The normalized spacial score (nSPS) is 17.9. The second-order valence-corrected chi connectivity index (χ2v) is 4.54. The first-order chi connectivity index (χ1) is 9.13. The molecule has 0 spiro atoms. The van der Waals surface area contributed by atoms with Gasteiger partial charge in [0.15, 0.2) is 0 Å². The topological polar surface area (TPSA) is 108 Å². The van der Waals surface area contributed by atoms with E-state index in [2.05, 4.69) is 10.6 Å². The first-order valence-electron chi connectivity index (χ1n) is 6.59. The highest BCUT2D eigenvalue weighted by atomic mass is 16.5. The van der Waals surface area contributed by atoms with Crippen LogP contribution < -0.4 is 10.6 Å². The summed E-state index contributed by atoms with van der Waals surface area (Å²) >= 11 is 0. The molecule has 1 saturated heterocycles. The van der Waals surface area contributed by atoms with Crippen LogP contribution in [0.1, 0.15) is 25.7 Å². The van der Waals surface area contributed by atoms with Gasteiger partial charge in [-0.3, -0.25) is 4.79 Å². The Morgan fingerprint density at radius 2 is 2.05 bits per heavy atom. The quantitative estimate of drug-likeness (QED) is 0.457. The summed E-state index contributed by atoms with van der Waals surface area (Å²) in [5.41, 5.74) is 0. The number of carboxylic acids is 1. The van der Waals surface area contributed by atoms with E-state index in [4.69, 9.17) is 14.9 Å². The fourth-order valence-corrected chi connectivity index (χ4v) is 1.93. The van der Waals surface area contributed by atoms with Crippen LogP contribution in [-0.2, 0) is 14.3 Å². The van der Waals surface area contributed by atoms with Gasteiger partial charge < -0.3 is 25.6 Å². The molecule has 1 amide bonds. The van der Waals surface area contributed by atoms with Crippen LogP contribution in [0.4, 0.5) is 0 Å². The molecule has 0 bridgehead atoms. The Hall–Kier alpha value is -1.18. The first kappa shape index (κ1) is 15.9. The van der Waals surface area contributed by atoms with E-state index in [0.29, 0.717) is 6.61 Å². The van der Waals surface area contributed by atoms with Crippen LogP contribution in [0.15, 0.2) is 0 Å². The van der Waals surface area contributed by atoms with Crippen LogP contribution in [0.2, 0.25) is 0 Å². The van der Waals surface area contributed by atoms with Crippen molar-refractivity contribution in [3.63, 3.8) is 0 Å². The number of carbonyl (C=O) groups is 2. The number of aliphatic carboxylic acids is 1. The summed E-state index contributed by atoms with van der Waals surface area (Å²) in [6.07, 6.45) is 2.20. The van der Waals surface area contributed by atoms with E-state index in [9.17, 15) is 9.59 Å². The number of nitrogens with one attached hydrogen (secondary N) is 2. The molecule has 0 aliphatic carbocycles. The average Bonchev–Trinajstić information content (AvgIpc) is 2.39.